The number of carbonyl (C=O) groups is 11. The Bertz CT molecular complexity index is 1450. The quantitative estimate of drug-likeness (QED) is 0.0369. The number of carbonyl (C=O) groups excluding carboxylic acids is 11. The van der Waals surface area contributed by atoms with Crippen molar-refractivity contribution in [3.63, 3.8) is 0 Å². The minimum Gasteiger partial charge on any atom is -0.450 e. The molecule has 0 aromatic rings. The first-order chi connectivity index (χ1) is 28.1. The molecule has 0 bridgehead atoms. The summed E-state index contributed by atoms with van der Waals surface area (Å²) >= 11 is 0. The summed E-state index contributed by atoms with van der Waals surface area (Å²) in [5, 5.41) is 18.4. The number of rotatable bonds is 26. The maximum atomic E-state index is 12.2. The molecule has 0 aromatic carbocycles. The van der Waals surface area contributed by atoms with Crippen molar-refractivity contribution in [1.82, 2.24) is 47.0 Å². The second-order valence-corrected chi connectivity index (χ2v) is 12.8. The Hall–Kier alpha value is -6.19. The first-order valence-electron chi connectivity index (χ1n) is 19.3. The van der Waals surface area contributed by atoms with Crippen LogP contribution in [0, 0.1) is 0 Å². The van der Waals surface area contributed by atoms with Crippen molar-refractivity contribution >= 4 is 65.2 Å². The minimum atomic E-state index is -0.586. The van der Waals surface area contributed by atoms with Gasteiger partial charge in [-0.2, -0.15) is 0 Å². The van der Waals surface area contributed by atoms with Gasteiger partial charge in [0.15, 0.2) is 5.78 Å². The summed E-state index contributed by atoms with van der Waals surface area (Å²) in [7, 11) is 1.61. The van der Waals surface area contributed by atoms with E-state index < -0.39 is 47.9 Å². The molecule has 2 rings (SSSR count). The largest absolute Gasteiger partial charge is 0.450 e. The molecule has 22 heteroatoms. The van der Waals surface area contributed by atoms with Gasteiger partial charge in [-0.1, -0.05) is 0 Å². The lowest BCUT2D eigenvalue weighted by Crippen LogP contribution is -2.41. The lowest BCUT2D eigenvalue weighted by Gasteiger charge is -2.16. The molecule has 0 saturated heterocycles. The number of ketones is 1. The first kappa shape index (κ1) is 50.8. The fourth-order valence-corrected chi connectivity index (χ4v) is 5.12. The number of nitrogens with zero attached hydrogens (tertiary/aromatic N) is 2. The molecule has 7 N–H and O–H groups in total. The molecule has 2 heterocycles. The van der Waals surface area contributed by atoms with Gasteiger partial charge < -0.3 is 46.7 Å². The fourth-order valence-electron chi connectivity index (χ4n) is 5.12. The highest BCUT2D eigenvalue weighted by molar-refractivity contribution is 6.13. The molecule has 10 amide bonds. The van der Waals surface area contributed by atoms with Crippen molar-refractivity contribution < 1.29 is 62.2 Å². The predicted octanol–water partition coefficient (Wildman–Crippen LogP) is -1.94. The Labute approximate surface area is 342 Å². The Morgan fingerprint density at radius 1 is 0.576 bits per heavy atom. The van der Waals surface area contributed by atoms with Crippen LogP contribution < -0.4 is 37.2 Å². The van der Waals surface area contributed by atoms with Crippen molar-refractivity contribution in [3.8, 4) is 0 Å². The molecule has 2 aliphatic rings. The van der Waals surface area contributed by atoms with Crippen LogP contribution in [0.4, 0.5) is 9.59 Å². The van der Waals surface area contributed by atoms with Crippen LogP contribution in [0.25, 0.3) is 0 Å². The molecular formula is C37H57N9O13. The van der Waals surface area contributed by atoms with Gasteiger partial charge in [-0.25, -0.2) is 9.59 Å². The van der Waals surface area contributed by atoms with E-state index in [1.54, 1.807) is 20.9 Å². The van der Waals surface area contributed by atoms with Gasteiger partial charge in [0, 0.05) is 102 Å². The first-order valence-corrected chi connectivity index (χ1v) is 19.3. The van der Waals surface area contributed by atoms with Crippen molar-refractivity contribution in [2.45, 2.75) is 77.8 Å². The van der Waals surface area contributed by atoms with E-state index in [2.05, 4.69) is 37.2 Å². The van der Waals surface area contributed by atoms with Crippen LogP contribution in [0.2, 0.25) is 0 Å². The third-order valence-corrected chi connectivity index (χ3v) is 8.26. The lowest BCUT2D eigenvalue weighted by atomic mass is 10.1. The number of nitrogens with one attached hydrogen (secondary N) is 7. The summed E-state index contributed by atoms with van der Waals surface area (Å²) in [6, 6.07) is -0.987. The smallest absolute Gasteiger partial charge is 0.407 e. The Kier molecular flexibility index (Phi) is 25.1. The van der Waals surface area contributed by atoms with Crippen LogP contribution in [0.3, 0.4) is 0 Å². The molecule has 1 atom stereocenters. The van der Waals surface area contributed by atoms with E-state index in [1.807, 2.05) is 0 Å². The third-order valence-electron chi connectivity index (χ3n) is 8.26. The lowest BCUT2D eigenvalue weighted by molar-refractivity contribution is -0.139. The van der Waals surface area contributed by atoms with Gasteiger partial charge in [0.1, 0.15) is 0 Å². The van der Waals surface area contributed by atoms with E-state index in [9.17, 15) is 52.7 Å². The van der Waals surface area contributed by atoms with Gasteiger partial charge in [-0.05, 0) is 47.1 Å². The Morgan fingerprint density at radius 3 is 1.37 bits per heavy atom. The summed E-state index contributed by atoms with van der Waals surface area (Å²) in [4.78, 5) is 129. The molecular weight excluding hydrogens is 778 g/mol. The minimum absolute atomic E-state index is 0.0174. The number of imide groups is 2. The zero-order valence-electron chi connectivity index (χ0n) is 34.0. The summed E-state index contributed by atoms with van der Waals surface area (Å²) in [5.74, 6) is -3.34. The van der Waals surface area contributed by atoms with E-state index in [0.717, 1.165) is 34.1 Å². The van der Waals surface area contributed by atoms with Crippen LogP contribution >= 0.6 is 0 Å². The van der Waals surface area contributed by atoms with Gasteiger partial charge in [-0.15, -0.1) is 0 Å². The van der Waals surface area contributed by atoms with Gasteiger partial charge in [-0.3, -0.25) is 53.0 Å². The highest BCUT2D eigenvalue weighted by Gasteiger charge is 2.25. The SMILES string of the molecule is CCOC(=O)NCCCCC(NC(=O)OCC)C(C)=O.CNC(CC(=O)NCCNC(=O)CCN1C(=O)C=CC1=O)CC(=O)NCCNC(=O)CCN1C(=O)C=CC1=O. The van der Waals surface area contributed by atoms with Crippen LogP contribution in [0.5, 0.6) is 0 Å². The van der Waals surface area contributed by atoms with Crippen molar-refractivity contribution in [2.24, 2.45) is 0 Å². The van der Waals surface area contributed by atoms with Crippen LogP contribution in [-0.4, -0.2) is 153 Å². The Balaban J connectivity index is 0.000000734. The van der Waals surface area contributed by atoms with Gasteiger partial charge in [0.2, 0.25) is 23.6 Å². The highest BCUT2D eigenvalue weighted by atomic mass is 16.6. The standard InChI is InChI=1S/C24H33N7O8.C13H24N2O5/c1-25-16(14-19(34)28-10-8-26-17(32)6-12-30-21(36)2-3-22(30)37)15-20(35)29-11-9-27-18(33)7-13-31-23(38)4-5-24(31)39;1-4-19-12(17)14-9-7-6-8-11(10(3)16)15-13(18)20-5-2/h2-5,16,25H,6-15H2,1H3,(H,26,32)(H,27,33)(H,28,34)(H,29,35);11H,4-9H2,1-3H3,(H,14,17)(H,15,18). The molecule has 0 spiro atoms. The Morgan fingerprint density at radius 2 is 0.983 bits per heavy atom. The van der Waals surface area contributed by atoms with Gasteiger partial charge in [0.05, 0.1) is 19.3 Å². The van der Waals surface area contributed by atoms with E-state index in [1.165, 1.54) is 6.92 Å². The van der Waals surface area contributed by atoms with Gasteiger partial charge in [0.25, 0.3) is 23.6 Å². The maximum Gasteiger partial charge on any atom is 0.407 e. The molecule has 2 aliphatic heterocycles. The monoisotopic (exact) mass is 835 g/mol. The zero-order chi connectivity index (χ0) is 44.2. The normalized spacial score (nSPS) is 13.4. The summed E-state index contributed by atoms with van der Waals surface area (Å²) in [6.07, 6.45) is 5.39. The van der Waals surface area contributed by atoms with Crippen LogP contribution in [0.15, 0.2) is 24.3 Å². The predicted molar refractivity (Wildman–Crippen MR) is 209 cm³/mol. The number of Topliss-reactive ketones (excluding diaryl/α,β-unsaturated/α-hetero) is 1. The van der Waals surface area contributed by atoms with E-state index >= 15 is 0 Å². The van der Waals surface area contributed by atoms with E-state index in [4.69, 9.17) is 9.47 Å². The maximum absolute atomic E-state index is 12.2. The van der Waals surface area contributed by atoms with Crippen molar-refractivity contribution in [3.05, 3.63) is 24.3 Å². The number of hydrogen-bond donors (Lipinski definition) is 7. The summed E-state index contributed by atoms with van der Waals surface area (Å²) in [5.41, 5.74) is 0. The zero-order valence-corrected chi connectivity index (χ0v) is 34.0. The average Bonchev–Trinajstić information content (AvgIpc) is 3.69. The number of alkyl carbamates (subject to hydrolysis) is 2. The second-order valence-electron chi connectivity index (χ2n) is 12.8. The van der Waals surface area contributed by atoms with Crippen LogP contribution in [0.1, 0.15) is 65.7 Å². The third kappa shape index (κ3) is 22.4. The van der Waals surface area contributed by atoms with Gasteiger partial charge >= 0.3 is 12.2 Å². The molecule has 22 nitrogen and oxygen atoms in total. The van der Waals surface area contributed by atoms with Crippen molar-refractivity contribution in [1.29, 1.82) is 0 Å². The fraction of sp³-hybridized carbons (Fsp3) is 0.595. The second kappa shape index (κ2) is 29.1. The number of hydrogen-bond acceptors (Lipinski definition) is 14. The number of unbranched alkanes of at least 4 members (excludes halogenated alkanes) is 1. The molecule has 0 aromatic heterocycles. The average molecular weight is 836 g/mol. The number of ether oxygens (including phenoxy) is 2. The number of amides is 10. The van der Waals surface area contributed by atoms with E-state index in [0.29, 0.717) is 32.4 Å². The summed E-state index contributed by atoms with van der Waals surface area (Å²) < 4.78 is 9.44. The van der Waals surface area contributed by atoms with Crippen LogP contribution in [-0.2, 0) is 52.6 Å². The molecule has 0 radical (unpaired) electrons. The van der Waals surface area contributed by atoms with E-state index in [-0.39, 0.29) is 101 Å². The molecule has 328 valence electrons. The molecule has 0 saturated carbocycles. The molecule has 1 unspecified atom stereocenters. The highest BCUT2D eigenvalue weighted by Crippen LogP contribution is 2.06. The van der Waals surface area contributed by atoms with Crippen molar-refractivity contribution in [2.75, 3.05) is 66.1 Å². The summed E-state index contributed by atoms with van der Waals surface area (Å²) in [6.45, 7) is 6.51. The molecule has 0 aliphatic carbocycles. The molecule has 0 fully saturated rings. The molecule has 59 heavy (non-hydrogen) atoms. The topological polar surface area (TPSA) is 297 Å².